The molecule has 1 aliphatic rings. The number of nitrogens with zero attached hydrogens (tertiary/aromatic N) is 2. The zero-order valence-corrected chi connectivity index (χ0v) is 9.97. The lowest BCUT2D eigenvalue weighted by atomic mass is 10.2. The van der Waals surface area contributed by atoms with E-state index in [1.54, 1.807) is 0 Å². The molecule has 5 nitrogen and oxygen atoms in total. The molecule has 0 radical (unpaired) electrons. The van der Waals surface area contributed by atoms with Crippen LogP contribution < -0.4 is 0 Å². The molecule has 1 N–H and O–H groups in total. The Morgan fingerprint density at radius 2 is 2.11 bits per heavy atom. The average molecular weight is 270 g/mol. The molecule has 0 atom stereocenters. The Kier molecular flexibility index (Phi) is 3.73. The van der Waals surface area contributed by atoms with Crippen LogP contribution in [0.2, 0.25) is 0 Å². The second-order valence-corrected chi connectivity index (χ2v) is 4.34. The molecule has 0 aromatic carbocycles. The summed E-state index contributed by atoms with van der Waals surface area (Å²) in [7, 11) is 0. The van der Waals surface area contributed by atoms with Crippen LogP contribution in [0, 0.1) is 11.8 Å². The Labute approximate surface area is 107 Å². The molecule has 0 aliphatic heterocycles. The first-order valence-electron chi connectivity index (χ1n) is 5.83. The van der Waals surface area contributed by atoms with Crippen LogP contribution in [-0.4, -0.2) is 39.5 Å². The second kappa shape index (κ2) is 5.29. The predicted molar refractivity (Wildman–Crippen MR) is 60.5 cm³/mol. The monoisotopic (exact) mass is 270 g/mol. The van der Waals surface area contributed by atoms with Crippen molar-refractivity contribution in [3.63, 3.8) is 0 Å². The number of carbonyl (C=O) groups is 2. The zero-order valence-electron chi connectivity index (χ0n) is 9.97. The number of amides is 1. The topological polar surface area (TPSA) is 70.5 Å². The molecule has 1 heterocycles. The highest BCUT2D eigenvalue weighted by atomic mass is 19.2. The molecule has 102 valence electrons. The summed E-state index contributed by atoms with van der Waals surface area (Å²) < 4.78 is 26.5. The quantitative estimate of drug-likeness (QED) is 0.822. The minimum atomic E-state index is -1.33. The Balaban J connectivity index is 2.19. The van der Waals surface area contributed by atoms with Gasteiger partial charge in [0.25, 0.3) is 5.91 Å². The number of carboxylic acids is 1. The normalized spacial score (nSPS) is 14.2. The Hall–Kier alpha value is -2.05. The number of halogens is 2. The summed E-state index contributed by atoms with van der Waals surface area (Å²) in [5.41, 5.74) is -0.412. The summed E-state index contributed by atoms with van der Waals surface area (Å²) in [5, 5.41) is 8.63. The summed E-state index contributed by atoms with van der Waals surface area (Å²) in [5.74, 6) is -4.37. The van der Waals surface area contributed by atoms with Gasteiger partial charge in [-0.1, -0.05) is 0 Å². The number of rotatable bonds is 5. The van der Waals surface area contributed by atoms with Crippen molar-refractivity contribution in [1.29, 1.82) is 0 Å². The Morgan fingerprint density at radius 3 is 2.68 bits per heavy atom. The van der Waals surface area contributed by atoms with Crippen LogP contribution in [0.3, 0.4) is 0 Å². The fraction of sp³-hybridized carbons (Fsp3) is 0.417. The molecule has 1 aromatic rings. The summed E-state index contributed by atoms with van der Waals surface area (Å²) in [6, 6.07) is 1.01. The van der Waals surface area contributed by atoms with E-state index >= 15 is 0 Å². The molecule has 1 saturated carbocycles. The van der Waals surface area contributed by atoms with Crippen LogP contribution in [0.5, 0.6) is 0 Å². The van der Waals surface area contributed by atoms with Crippen molar-refractivity contribution in [2.24, 2.45) is 0 Å². The van der Waals surface area contributed by atoms with Crippen LogP contribution >= 0.6 is 0 Å². The van der Waals surface area contributed by atoms with Crippen molar-refractivity contribution in [3.05, 3.63) is 29.6 Å². The van der Waals surface area contributed by atoms with E-state index in [1.807, 2.05) is 0 Å². The van der Waals surface area contributed by atoms with Crippen LogP contribution in [-0.2, 0) is 4.79 Å². The van der Waals surface area contributed by atoms with E-state index in [0.29, 0.717) is 0 Å². The third-order valence-electron chi connectivity index (χ3n) is 2.89. The van der Waals surface area contributed by atoms with Crippen LogP contribution in [0.15, 0.2) is 12.3 Å². The number of hydrogen-bond acceptors (Lipinski definition) is 3. The SMILES string of the molecule is O=C(O)CCN(C(=O)c1ccnc(F)c1F)C1CC1. The highest BCUT2D eigenvalue weighted by Gasteiger charge is 2.34. The molecule has 1 amide bonds. The third-order valence-corrected chi connectivity index (χ3v) is 2.89. The number of aromatic nitrogens is 1. The van der Waals surface area contributed by atoms with Gasteiger partial charge in [0.05, 0.1) is 12.0 Å². The summed E-state index contributed by atoms with van der Waals surface area (Å²) >= 11 is 0. The molecule has 0 saturated heterocycles. The van der Waals surface area contributed by atoms with Crippen molar-refractivity contribution in [1.82, 2.24) is 9.88 Å². The summed E-state index contributed by atoms with van der Waals surface area (Å²) in [6.45, 7) is -0.0117. The van der Waals surface area contributed by atoms with Crippen LogP contribution in [0.4, 0.5) is 8.78 Å². The van der Waals surface area contributed by atoms with Crippen molar-refractivity contribution < 1.29 is 23.5 Å². The van der Waals surface area contributed by atoms with Gasteiger partial charge < -0.3 is 10.0 Å². The van der Waals surface area contributed by atoms with E-state index in [2.05, 4.69) is 4.98 Å². The van der Waals surface area contributed by atoms with Gasteiger partial charge in [-0.25, -0.2) is 9.37 Å². The smallest absolute Gasteiger partial charge is 0.305 e. The minimum absolute atomic E-state index is 0.0117. The lowest BCUT2D eigenvalue weighted by molar-refractivity contribution is -0.137. The number of carboxylic acid groups (broad SMARTS) is 1. The van der Waals surface area contributed by atoms with E-state index in [-0.39, 0.29) is 19.0 Å². The Bertz CT molecular complexity index is 518. The first kappa shape index (κ1) is 13.4. The van der Waals surface area contributed by atoms with Crippen molar-refractivity contribution >= 4 is 11.9 Å². The van der Waals surface area contributed by atoms with Crippen molar-refractivity contribution in [2.45, 2.75) is 25.3 Å². The number of hydrogen-bond donors (Lipinski definition) is 1. The van der Waals surface area contributed by atoms with Gasteiger partial charge in [0.2, 0.25) is 5.95 Å². The molecule has 7 heteroatoms. The average Bonchev–Trinajstić information content (AvgIpc) is 3.17. The Morgan fingerprint density at radius 1 is 1.42 bits per heavy atom. The van der Waals surface area contributed by atoms with Gasteiger partial charge >= 0.3 is 5.97 Å². The fourth-order valence-corrected chi connectivity index (χ4v) is 1.79. The van der Waals surface area contributed by atoms with E-state index in [1.165, 1.54) is 4.90 Å². The fourth-order valence-electron chi connectivity index (χ4n) is 1.79. The van der Waals surface area contributed by atoms with Crippen LogP contribution in [0.25, 0.3) is 0 Å². The second-order valence-electron chi connectivity index (χ2n) is 4.34. The summed E-state index contributed by atoms with van der Waals surface area (Å²) in [6.07, 6.45) is 2.28. The molecule has 2 rings (SSSR count). The van der Waals surface area contributed by atoms with Gasteiger partial charge in [-0.15, -0.1) is 0 Å². The highest BCUT2D eigenvalue weighted by Crippen LogP contribution is 2.29. The molecular formula is C12H12F2N2O3. The third kappa shape index (κ3) is 3.04. The van der Waals surface area contributed by atoms with Crippen molar-refractivity contribution in [3.8, 4) is 0 Å². The molecular weight excluding hydrogens is 258 g/mol. The van der Waals surface area contributed by atoms with Gasteiger partial charge in [0.1, 0.15) is 0 Å². The molecule has 0 unspecified atom stereocenters. The predicted octanol–water partition coefficient (Wildman–Crippen LogP) is 1.44. The standard InChI is InChI=1S/C12H12F2N2O3/c13-10-8(3-5-15-11(10)14)12(19)16(7-1-2-7)6-4-9(17)18/h3,5,7H,1-2,4,6H2,(H,17,18). The van der Waals surface area contributed by atoms with Gasteiger partial charge in [-0.05, 0) is 18.9 Å². The van der Waals surface area contributed by atoms with Crippen LogP contribution in [0.1, 0.15) is 29.6 Å². The maximum Gasteiger partial charge on any atom is 0.305 e. The van der Waals surface area contributed by atoms with E-state index in [4.69, 9.17) is 5.11 Å². The number of carbonyl (C=O) groups excluding carboxylic acids is 1. The molecule has 1 aromatic heterocycles. The largest absolute Gasteiger partial charge is 0.481 e. The number of pyridine rings is 1. The van der Waals surface area contributed by atoms with Gasteiger partial charge in [-0.3, -0.25) is 9.59 Å². The van der Waals surface area contributed by atoms with Crippen molar-refractivity contribution in [2.75, 3.05) is 6.54 Å². The lowest BCUT2D eigenvalue weighted by Crippen LogP contribution is -2.35. The molecule has 0 bridgehead atoms. The maximum atomic E-state index is 13.5. The molecule has 19 heavy (non-hydrogen) atoms. The van der Waals surface area contributed by atoms with Gasteiger partial charge in [0.15, 0.2) is 5.82 Å². The first-order valence-corrected chi connectivity index (χ1v) is 5.83. The van der Waals surface area contributed by atoms with E-state index in [0.717, 1.165) is 25.1 Å². The minimum Gasteiger partial charge on any atom is -0.481 e. The van der Waals surface area contributed by atoms with Gasteiger partial charge in [-0.2, -0.15) is 4.39 Å². The van der Waals surface area contributed by atoms with E-state index < -0.39 is 29.2 Å². The highest BCUT2D eigenvalue weighted by molar-refractivity contribution is 5.95. The van der Waals surface area contributed by atoms with Gasteiger partial charge in [0, 0.05) is 18.8 Å². The maximum absolute atomic E-state index is 13.5. The van der Waals surface area contributed by atoms with E-state index in [9.17, 15) is 18.4 Å². The summed E-state index contributed by atoms with van der Waals surface area (Å²) in [4.78, 5) is 27.0. The number of aliphatic carboxylic acids is 1. The molecule has 1 aliphatic carbocycles. The molecule has 1 fully saturated rings. The lowest BCUT2D eigenvalue weighted by Gasteiger charge is -2.21. The first-order chi connectivity index (χ1) is 9.00. The zero-order chi connectivity index (χ0) is 14.0. The molecule has 0 spiro atoms.